The second-order valence-corrected chi connectivity index (χ2v) is 5.35. The molecule has 1 aromatic carbocycles. The van der Waals surface area contributed by atoms with Gasteiger partial charge in [-0.15, -0.1) is 0 Å². The molecule has 0 fully saturated rings. The van der Waals surface area contributed by atoms with Crippen LogP contribution in [-0.4, -0.2) is 25.0 Å². The lowest BCUT2D eigenvalue weighted by molar-refractivity contribution is 0.249. The van der Waals surface area contributed by atoms with Gasteiger partial charge in [0, 0.05) is 18.3 Å². The maximum atomic E-state index is 9.83. The number of rotatable bonds is 8. The van der Waals surface area contributed by atoms with E-state index in [4.69, 9.17) is 4.74 Å². The first-order chi connectivity index (χ1) is 9.60. The highest BCUT2D eigenvalue weighted by Gasteiger charge is 2.24. The van der Waals surface area contributed by atoms with E-state index in [1.54, 1.807) is 31.5 Å². The van der Waals surface area contributed by atoms with Crippen LogP contribution in [-0.2, 0) is 0 Å². The molecule has 3 heteroatoms. The zero-order valence-electron chi connectivity index (χ0n) is 13.1. The predicted octanol–water partition coefficient (Wildman–Crippen LogP) is 4.43. The van der Waals surface area contributed by atoms with Gasteiger partial charge < -0.3 is 9.84 Å². The van der Waals surface area contributed by atoms with Gasteiger partial charge in [0.25, 0.3) is 0 Å². The molecule has 0 aliphatic heterocycles. The third kappa shape index (κ3) is 4.26. The van der Waals surface area contributed by atoms with Gasteiger partial charge in [-0.1, -0.05) is 27.2 Å². The quantitative estimate of drug-likeness (QED) is 0.714. The average molecular weight is 277 g/mol. The Morgan fingerprint density at radius 1 is 1.25 bits per heavy atom. The summed E-state index contributed by atoms with van der Waals surface area (Å²) in [6.07, 6.45) is 6.41. The summed E-state index contributed by atoms with van der Waals surface area (Å²) in [6, 6.07) is 5.18. The number of phenols is 1. The normalized spacial score (nSPS) is 12.0. The van der Waals surface area contributed by atoms with Crippen molar-refractivity contribution >= 4 is 6.21 Å². The predicted molar refractivity (Wildman–Crippen MR) is 85.0 cm³/mol. The molecule has 0 atom stereocenters. The fraction of sp³-hybridized carbons (Fsp3) is 0.588. The van der Waals surface area contributed by atoms with E-state index in [9.17, 15) is 5.11 Å². The summed E-state index contributed by atoms with van der Waals surface area (Å²) >= 11 is 0. The summed E-state index contributed by atoms with van der Waals surface area (Å²) in [7, 11) is 1.62. The first-order valence-electron chi connectivity index (χ1n) is 7.47. The number of phenolic OH excluding ortho intramolecular Hbond substituents is 1. The Morgan fingerprint density at radius 3 is 2.50 bits per heavy atom. The van der Waals surface area contributed by atoms with E-state index in [-0.39, 0.29) is 5.75 Å². The molecule has 0 saturated heterocycles. The van der Waals surface area contributed by atoms with Gasteiger partial charge in [-0.2, -0.15) is 0 Å². The lowest BCUT2D eigenvalue weighted by Crippen LogP contribution is -2.22. The minimum Gasteiger partial charge on any atom is -0.507 e. The summed E-state index contributed by atoms with van der Waals surface area (Å²) in [4.78, 5) is 4.57. The summed E-state index contributed by atoms with van der Waals surface area (Å²) in [5.41, 5.74) is 1.00. The SMILES string of the molecule is CCCC(CC)(CC)CN=Cc1cc(OC)ccc1O. The number of aromatic hydroxyl groups is 1. The molecule has 112 valence electrons. The topological polar surface area (TPSA) is 41.8 Å². The second-order valence-electron chi connectivity index (χ2n) is 5.35. The van der Waals surface area contributed by atoms with Crippen LogP contribution >= 0.6 is 0 Å². The van der Waals surface area contributed by atoms with Crippen LogP contribution in [0.2, 0.25) is 0 Å². The van der Waals surface area contributed by atoms with Crippen LogP contribution in [0.5, 0.6) is 11.5 Å². The first kappa shape index (κ1) is 16.5. The third-order valence-corrected chi connectivity index (χ3v) is 4.17. The van der Waals surface area contributed by atoms with Crippen molar-refractivity contribution in [1.29, 1.82) is 0 Å². The van der Waals surface area contributed by atoms with Crippen LogP contribution in [0.1, 0.15) is 52.0 Å². The van der Waals surface area contributed by atoms with E-state index in [2.05, 4.69) is 25.8 Å². The maximum Gasteiger partial charge on any atom is 0.124 e. The molecule has 3 nitrogen and oxygen atoms in total. The van der Waals surface area contributed by atoms with E-state index in [1.807, 2.05) is 0 Å². The molecular formula is C17H27NO2. The van der Waals surface area contributed by atoms with Crippen molar-refractivity contribution in [2.75, 3.05) is 13.7 Å². The zero-order valence-corrected chi connectivity index (χ0v) is 13.1. The standard InChI is InChI=1S/C17H27NO2/c1-5-10-17(6-2,7-3)13-18-12-14-11-15(20-4)8-9-16(14)19/h8-9,11-12,19H,5-7,10,13H2,1-4H3. The monoisotopic (exact) mass is 277 g/mol. The first-order valence-corrected chi connectivity index (χ1v) is 7.47. The number of aliphatic imine (C=N–C) groups is 1. The molecule has 0 spiro atoms. The largest absolute Gasteiger partial charge is 0.507 e. The molecule has 1 N–H and O–H groups in total. The molecule has 0 aliphatic rings. The Bertz CT molecular complexity index is 437. The second kappa shape index (κ2) is 7.93. The van der Waals surface area contributed by atoms with Gasteiger partial charge in [0.2, 0.25) is 0 Å². The summed E-state index contributed by atoms with van der Waals surface area (Å²) < 4.78 is 5.17. The summed E-state index contributed by atoms with van der Waals surface area (Å²) in [5, 5.41) is 9.83. The molecule has 1 aromatic rings. The lowest BCUT2D eigenvalue weighted by atomic mass is 9.78. The molecule has 0 aromatic heterocycles. The molecular weight excluding hydrogens is 250 g/mol. The Kier molecular flexibility index (Phi) is 6.56. The van der Waals surface area contributed by atoms with Gasteiger partial charge in [-0.3, -0.25) is 4.99 Å². The van der Waals surface area contributed by atoms with Gasteiger partial charge in [0.15, 0.2) is 0 Å². The van der Waals surface area contributed by atoms with E-state index < -0.39 is 0 Å². The van der Waals surface area contributed by atoms with Crippen molar-refractivity contribution in [3.63, 3.8) is 0 Å². The number of nitrogens with zero attached hydrogens (tertiary/aromatic N) is 1. The molecule has 0 heterocycles. The van der Waals surface area contributed by atoms with Crippen molar-refractivity contribution < 1.29 is 9.84 Å². The van der Waals surface area contributed by atoms with Crippen LogP contribution in [0.15, 0.2) is 23.2 Å². The fourth-order valence-corrected chi connectivity index (χ4v) is 2.54. The lowest BCUT2D eigenvalue weighted by Gasteiger charge is -2.29. The number of hydrogen-bond acceptors (Lipinski definition) is 3. The van der Waals surface area contributed by atoms with E-state index in [0.717, 1.165) is 25.1 Å². The van der Waals surface area contributed by atoms with E-state index in [1.165, 1.54) is 12.8 Å². The molecule has 0 unspecified atom stereocenters. The fourth-order valence-electron chi connectivity index (χ4n) is 2.54. The highest BCUT2D eigenvalue weighted by Crippen LogP contribution is 2.32. The highest BCUT2D eigenvalue weighted by molar-refractivity contribution is 5.84. The summed E-state index contributed by atoms with van der Waals surface area (Å²) in [6.45, 7) is 7.50. The number of benzene rings is 1. The third-order valence-electron chi connectivity index (χ3n) is 4.17. The van der Waals surface area contributed by atoms with Gasteiger partial charge >= 0.3 is 0 Å². The van der Waals surface area contributed by atoms with Crippen molar-refractivity contribution in [2.45, 2.75) is 46.5 Å². The minimum atomic E-state index is 0.239. The molecule has 0 aliphatic carbocycles. The molecule has 1 rings (SSSR count). The molecule has 20 heavy (non-hydrogen) atoms. The smallest absolute Gasteiger partial charge is 0.124 e. The van der Waals surface area contributed by atoms with Gasteiger partial charge in [-0.05, 0) is 42.9 Å². The van der Waals surface area contributed by atoms with Gasteiger partial charge in [0.1, 0.15) is 11.5 Å². The van der Waals surface area contributed by atoms with Crippen molar-refractivity contribution in [2.24, 2.45) is 10.4 Å². The van der Waals surface area contributed by atoms with Gasteiger partial charge in [-0.25, -0.2) is 0 Å². The Morgan fingerprint density at radius 2 is 1.95 bits per heavy atom. The number of ether oxygens (including phenoxy) is 1. The molecule has 0 amide bonds. The average Bonchev–Trinajstić information content (AvgIpc) is 2.48. The van der Waals surface area contributed by atoms with Gasteiger partial charge in [0.05, 0.1) is 7.11 Å². The van der Waals surface area contributed by atoms with E-state index >= 15 is 0 Å². The Hall–Kier alpha value is -1.51. The van der Waals surface area contributed by atoms with Crippen LogP contribution < -0.4 is 4.74 Å². The van der Waals surface area contributed by atoms with Crippen molar-refractivity contribution in [1.82, 2.24) is 0 Å². The Labute approximate surface area is 122 Å². The molecule has 0 bridgehead atoms. The van der Waals surface area contributed by atoms with Crippen LogP contribution in [0, 0.1) is 5.41 Å². The van der Waals surface area contributed by atoms with Crippen molar-refractivity contribution in [3.05, 3.63) is 23.8 Å². The van der Waals surface area contributed by atoms with Crippen molar-refractivity contribution in [3.8, 4) is 11.5 Å². The summed E-state index contributed by atoms with van der Waals surface area (Å²) in [5.74, 6) is 0.971. The van der Waals surface area contributed by atoms with Crippen LogP contribution in [0.4, 0.5) is 0 Å². The molecule has 0 saturated carbocycles. The molecule has 0 radical (unpaired) electrons. The zero-order chi connectivity index (χ0) is 15.0. The number of hydrogen-bond donors (Lipinski definition) is 1. The van der Waals surface area contributed by atoms with Crippen LogP contribution in [0.25, 0.3) is 0 Å². The van der Waals surface area contributed by atoms with E-state index in [0.29, 0.717) is 11.0 Å². The Balaban J connectivity index is 2.81. The number of methoxy groups -OCH3 is 1. The minimum absolute atomic E-state index is 0.239. The maximum absolute atomic E-state index is 9.83. The van der Waals surface area contributed by atoms with Crippen LogP contribution in [0.3, 0.4) is 0 Å². The highest BCUT2D eigenvalue weighted by atomic mass is 16.5.